The fourth-order valence-corrected chi connectivity index (χ4v) is 17.1. The summed E-state index contributed by atoms with van der Waals surface area (Å²) in [5.41, 5.74) is 20.5. The zero-order chi connectivity index (χ0) is 92.5. The number of H-pyrrole nitrogens is 2. The number of nitrogens with two attached hydrogens (primary N) is 3. The van der Waals surface area contributed by atoms with Gasteiger partial charge in [0.25, 0.3) is 0 Å². The van der Waals surface area contributed by atoms with Crippen LogP contribution in [0.2, 0.25) is 0 Å². The van der Waals surface area contributed by atoms with E-state index in [9.17, 15) is 77.6 Å². The fourth-order valence-electron chi connectivity index (χ4n) is 16.3. The SMILES string of the molecule is CCCC[C@@H]1C(=O)N(C)[C@H](CCCC)C(=O)N[C@@H](C)C(=O)N[C@@H](C(=O)NCC(N)=O)CSCC(=O)N[C@@H](Cc2ccc(O)cc2)C(=O)N2CCCC2C(=O)N[C@H](CC(=O)O)C(=O)N2CCC[C@H]2C(=O)NC(CN)C(=O)NC(CC(=O)O)C(=O)N2CCCC2C(=O)N[C@H](Cc2c[nH]c3ccccc23)C(=O)N[C@@H](CCN)C(=O)N[C@@H](Cc2c[nH]c3ccccc23)C(=O)N1C. The van der Waals surface area contributed by atoms with E-state index in [0.717, 1.165) is 26.5 Å². The molecule has 14 atom stereocenters. The molecule has 16 amide bonds. The number of phenols is 1. The molecule has 6 heterocycles. The quantitative estimate of drug-likeness (QED) is 0.0337. The number of unbranched alkanes of at least 4 members (excludes halogenated alkanes) is 2. The summed E-state index contributed by atoms with van der Waals surface area (Å²) in [5.74, 6) is -19.1. The van der Waals surface area contributed by atoms with Crippen LogP contribution >= 0.6 is 11.8 Å². The van der Waals surface area contributed by atoms with Gasteiger partial charge in [-0.2, -0.15) is 0 Å². The molecule has 4 fully saturated rings. The van der Waals surface area contributed by atoms with Crippen molar-refractivity contribution in [3.05, 3.63) is 102 Å². The minimum absolute atomic E-state index is 0.0303. The Morgan fingerprint density at radius 2 is 0.921 bits per heavy atom. The van der Waals surface area contributed by atoms with E-state index in [1.165, 1.54) is 55.1 Å². The van der Waals surface area contributed by atoms with Gasteiger partial charge < -0.3 is 120 Å². The summed E-state index contributed by atoms with van der Waals surface area (Å²) in [6.45, 7) is 2.96. The Hall–Kier alpha value is -12.7. The van der Waals surface area contributed by atoms with Crippen LogP contribution in [0.4, 0.5) is 0 Å². The average molecular weight is 1790 g/mol. The highest BCUT2D eigenvalue weighted by Crippen LogP contribution is 2.28. The van der Waals surface area contributed by atoms with E-state index in [1.54, 1.807) is 60.9 Å². The number of phenolic OH excluding ortho intramolecular Hbond substituents is 1. The Balaban J connectivity index is 1.06. The summed E-state index contributed by atoms with van der Waals surface area (Å²) in [6, 6.07) is -1.80. The molecule has 4 aliphatic rings. The normalized spacial score (nSPS) is 25.4. The van der Waals surface area contributed by atoms with Crippen molar-refractivity contribution in [1.82, 2.24) is 87.6 Å². The highest BCUT2D eigenvalue weighted by Gasteiger charge is 2.47. The number of primary amides is 1. The van der Waals surface area contributed by atoms with Crippen LogP contribution in [-0.4, -0.2) is 306 Å². The van der Waals surface area contributed by atoms with Gasteiger partial charge in [0.2, 0.25) is 94.5 Å². The lowest BCUT2D eigenvalue weighted by molar-refractivity contribution is -0.149. The Morgan fingerprint density at radius 1 is 0.480 bits per heavy atom. The Labute approximate surface area is 736 Å². The molecular weight excluding hydrogens is 1670 g/mol. The molecule has 21 N–H and O–H groups in total. The van der Waals surface area contributed by atoms with Gasteiger partial charge in [-0.05, 0) is 112 Å². The first kappa shape index (κ1) is 98.1. The monoisotopic (exact) mass is 1780 g/mol. The summed E-state index contributed by atoms with van der Waals surface area (Å²) in [5, 5.41) is 57.8. The minimum atomic E-state index is -1.94. The average Bonchev–Trinajstić information content (AvgIpc) is 1.71. The summed E-state index contributed by atoms with van der Waals surface area (Å²) >= 11 is 0.784. The van der Waals surface area contributed by atoms with Gasteiger partial charge in [-0.25, -0.2) is 0 Å². The number of carboxylic acid groups (broad SMARTS) is 2. The molecule has 4 saturated heterocycles. The maximum Gasteiger partial charge on any atom is 0.305 e. The van der Waals surface area contributed by atoms with Gasteiger partial charge in [-0.15, -0.1) is 11.8 Å². The van der Waals surface area contributed by atoms with E-state index in [2.05, 4.69) is 63.1 Å². The molecule has 4 unspecified atom stereocenters. The number of thioether (sulfide) groups is 1. The highest BCUT2D eigenvalue weighted by atomic mass is 32.2. The molecule has 0 spiro atoms. The van der Waals surface area contributed by atoms with Crippen molar-refractivity contribution in [2.24, 2.45) is 17.2 Å². The number of rotatable bonds is 22. The number of carbonyl (C=O) groups is 18. The number of likely N-dealkylation sites (N-methyl/N-ethyl adjacent to an activating group) is 2. The van der Waals surface area contributed by atoms with Gasteiger partial charge in [-0.1, -0.05) is 88.1 Å². The number of hydrogen-bond donors (Lipinski definition) is 18. The molecule has 42 heteroatoms. The number of aromatic hydroxyl groups is 1. The van der Waals surface area contributed by atoms with Crippen molar-refractivity contribution in [2.45, 2.75) is 221 Å². The molecule has 0 bridgehead atoms. The fraction of sp³-hybridized carbons (Fsp3) is 0.529. The number of para-hydroxylation sites is 2. The second kappa shape index (κ2) is 46.5. The predicted molar refractivity (Wildman–Crippen MR) is 462 cm³/mol. The molecule has 0 radical (unpaired) electrons. The van der Waals surface area contributed by atoms with Crippen molar-refractivity contribution in [1.29, 1.82) is 0 Å². The molecule has 41 nitrogen and oxygen atoms in total. The Bertz CT molecular complexity index is 4850. The van der Waals surface area contributed by atoms with Crippen LogP contribution in [0.15, 0.2) is 85.2 Å². The zero-order valence-electron chi connectivity index (χ0n) is 71.6. The summed E-state index contributed by atoms with van der Waals surface area (Å²) in [7, 11) is 2.74. The summed E-state index contributed by atoms with van der Waals surface area (Å²) in [4.78, 5) is 271. The lowest BCUT2D eigenvalue weighted by atomic mass is 10.00. The molecule has 688 valence electrons. The summed E-state index contributed by atoms with van der Waals surface area (Å²) in [6.07, 6.45) is 2.36. The van der Waals surface area contributed by atoms with Gasteiger partial charge in [0, 0.05) is 99.5 Å². The standard InChI is InChI=1S/C85H116N20O21S/c1-6-8-21-63-77(118)92-46(3)72(113)100-62(73(114)91-43-68(88)107)44-127-45-69(108)93-57(35-47-26-28-50(106)29-27-47)82(123)103-32-15-24-65(103)79(120)98-60(39-71(111)112)84(125)105-34-16-25-66(105)80(121)99-61(40-87)76(117)97-59(38-70(109)110)83(124)104-33-14-23-64(104)78(119)95-56(36-48-41-89-53-19-12-10-17-51(48)53)75(116)94-55(30-31-86)74(115)96-58(37-49-42-90-54-20-13-11-18-52(49)54)81(122)102(5)67(22-9-7-2)85(126)101(63)4/h10-13,17-20,26-29,41-42,46,55-67,89-90,106H,6-9,14-16,21-25,30-40,43-45,86-87H2,1-5H3,(H2,88,107)(H,91,114)(H,92,118)(H,93,108)(H,94,116)(H,95,119)(H,96,115)(H,97,117)(H,98,120)(H,99,121)(H,100,113)(H,109,110)(H,111,112)/t46-,55-,56+,57-,58-,59?,60+,61?,62+,63+,64?,65?,66-,67+/m0/s1. The van der Waals surface area contributed by atoms with E-state index >= 15 is 24.0 Å². The maximum atomic E-state index is 15.7. The van der Waals surface area contributed by atoms with Crippen LogP contribution in [-0.2, 0) is 106 Å². The van der Waals surface area contributed by atoms with Crippen LogP contribution < -0.4 is 70.4 Å². The molecule has 0 aliphatic carbocycles. The summed E-state index contributed by atoms with van der Waals surface area (Å²) < 4.78 is 0. The first-order valence-corrected chi connectivity index (χ1v) is 43.8. The van der Waals surface area contributed by atoms with E-state index in [1.807, 2.05) is 13.8 Å². The minimum Gasteiger partial charge on any atom is -0.508 e. The van der Waals surface area contributed by atoms with Crippen LogP contribution in [0.3, 0.4) is 0 Å². The lowest BCUT2D eigenvalue weighted by Gasteiger charge is -2.36. The van der Waals surface area contributed by atoms with Crippen molar-refractivity contribution in [3.8, 4) is 5.75 Å². The van der Waals surface area contributed by atoms with Crippen molar-refractivity contribution in [2.75, 3.05) is 64.9 Å². The lowest BCUT2D eigenvalue weighted by Crippen LogP contribution is -2.62. The number of benzene rings is 3. The van der Waals surface area contributed by atoms with Gasteiger partial charge >= 0.3 is 11.9 Å². The first-order valence-electron chi connectivity index (χ1n) is 42.7. The smallest absolute Gasteiger partial charge is 0.305 e. The third-order valence-corrected chi connectivity index (χ3v) is 24.2. The number of carbonyl (C=O) groups excluding carboxylic acids is 16. The molecule has 3 aromatic carbocycles. The number of fused-ring (bicyclic) bond motifs is 5. The molecule has 4 aliphatic heterocycles. The van der Waals surface area contributed by atoms with Crippen LogP contribution in [0.1, 0.15) is 134 Å². The first-order chi connectivity index (χ1) is 60.6. The van der Waals surface area contributed by atoms with Crippen LogP contribution in [0, 0.1) is 0 Å². The number of aromatic amines is 2. The van der Waals surface area contributed by atoms with E-state index in [4.69, 9.17) is 17.2 Å². The second-order valence-corrected chi connectivity index (χ2v) is 33.3. The molecule has 9 rings (SSSR count). The Morgan fingerprint density at radius 3 is 1.43 bits per heavy atom. The number of hydrogen-bond acceptors (Lipinski definition) is 22. The van der Waals surface area contributed by atoms with Crippen LogP contribution in [0.25, 0.3) is 21.8 Å². The maximum absolute atomic E-state index is 15.7. The third-order valence-electron chi connectivity index (χ3n) is 23.1. The van der Waals surface area contributed by atoms with Crippen molar-refractivity contribution >= 4 is 140 Å². The van der Waals surface area contributed by atoms with E-state index < -0.39 is 228 Å². The van der Waals surface area contributed by atoms with Gasteiger partial charge in [0.1, 0.15) is 90.3 Å². The number of aliphatic carboxylic acids is 2. The van der Waals surface area contributed by atoms with Gasteiger partial charge in [0.05, 0.1) is 25.1 Å². The molecular formula is C85H116N20O21S. The third kappa shape index (κ3) is 26.2. The van der Waals surface area contributed by atoms with Gasteiger partial charge in [0.15, 0.2) is 0 Å². The van der Waals surface area contributed by atoms with E-state index in [-0.39, 0.29) is 109 Å². The topological polar surface area (TPSA) is 614 Å². The molecule has 127 heavy (non-hydrogen) atoms. The number of aromatic nitrogens is 2. The second-order valence-electron chi connectivity index (χ2n) is 32.3. The number of carboxylic acids is 2. The van der Waals surface area contributed by atoms with E-state index in [0.29, 0.717) is 64.2 Å². The number of nitrogens with one attached hydrogen (secondary N) is 12. The highest BCUT2D eigenvalue weighted by molar-refractivity contribution is 8.00. The van der Waals surface area contributed by atoms with Crippen molar-refractivity contribution < 1.29 is 102 Å². The molecule has 5 aromatic rings. The number of nitrogens with zero attached hydrogens (tertiary/aromatic N) is 5. The van der Waals surface area contributed by atoms with Gasteiger partial charge in [-0.3, -0.25) is 86.3 Å². The molecule has 2 aromatic heterocycles. The largest absolute Gasteiger partial charge is 0.508 e. The van der Waals surface area contributed by atoms with Crippen molar-refractivity contribution in [3.63, 3.8) is 0 Å². The molecule has 0 saturated carbocycles. The predicted octanol–water partition coefficient (Wildman–Crippen LogP) is -2.62. The Kier molecular flexibility index (Phi) is 35.9. The number of amides is 16. The zero-order valence-corrected chi connectivity index (χ0v) is 72.4. The van der Waals surface area contributed by atoms with Crippen LogP contribution in [0.5, 0.6) is 5.75 Å².